The second kappa shape index (κ2) is 5.58. The van der Waals surface area contributed by atoms with Crippen LogP contribution in [0.2, 0.25) is 0 Å². The molecule has 4 heteroatoms. The minimum absolute atomic E-state index is 0.203. The van der Waals surface area contributed by atoms with Gasteiger partial charge in [0.2, 0.25) is 0 Å². The van der Waals surface area contributed by atoms with Gasteiger partial charge in [0, 0.05) is 12.7 Å². The molecule has 2 aromatic rings. The Morgan fingerprint density at radius 3 is 2.71 bits per heavy atom. The van der Waals surface area contributed by atoms with Crippen molar-refractivity contribution in [2.75, 3.05) is 14.2 Å². The molecule has 0 spiro atoms. The lowest BCUT2D eigenvalue weighted by molar-refractivity contribution is 0.0600. The molecular weight excluding hydrogens is 268 g/mol. The zero-order valence-electron chi connectivity index (χ0n) is 12.0. The quantitative estimate of drug-likeness (QED) is 0.795. The zero-order chi connectivity index (χ0) is 14.8. The van der Waals surface area contributed by atoms with E-state index in [1.807, 2.05) is 30.3 Å². The van der Waals surface area contributed by atoms with Gasteiger partial charge in [-0.2, -0.15) is 0 Å². The number of fused-ring (bicyclic) bond motifs is 2. The minimum atomic E-state index is -0.378. The Hall–Kier alpha value is -2.33. The Morgan fingerprint density at radius 2 is 1.95 bits per heavy atom. The zero-order valence-corrected chi connectivity index (χ0v) is 12.0. The highest BCUT2D eigenvalue weighted by Crippen LogP contribution is 2.38. The maximum atomic E-state index is 11.6. The Labute approximate surface area is 123 Å². The molecule has 108 valence electrons. The molecule has 0 amide bonds. The Kier molecular flexibility index (Phi) is 3.62. The third-order valence-corrected chi connectivity index (χ3v) is 3.67. The van der Waals surface area contributed by atoms with Crippen LogP contribution in [0, 0.1) is 0 Å². The van der Waals surface area contributed by atoms with Crippen molar-refractivity contribution in [2.24, 2.45) is 0 Å². The first-order valence-electron chi connectivity index (χ1n) is 6.70. The summed E-state index contributed by atoms with van der Waals surface area (Å²) >= 11 is 0. The van der Waals surface area contributed by atoms with E-state index >= 15 is 0 Å². The second-order valence-electron chi connectivity index (χ2n) is 4.85. The third-order valence-electron chi connectivity index (χ3n) is 3.67. The van der Waals surface area contributed by atoms with Crippen LogP contribution in [0.15, 0.2) is 42.5 Å². The molecule has 1 aliphatic heterocycles. The van der Waals surface area contributed by atoms with Crippen LogP contribution in [-0.4, -0.2) is 20.2 Å². The van der Waals surface area contributed by atoms with Crippen molar-refractivity contribution in [1.29, 1.82) is 0 Å². The van der Waals surface area contributed by atoms with Crippen LogP contribution in [-0.2, 0) is 16.1 Å². The summed E-state index contributed by atoms with van der Waals surface area (Å²) in [6, 6.07) is 13.3. The largest absolute Gasteiger partial charge is 0.488 e. The van der Waals surface area contributed by atoms with E-state index in [0.717, 1.165) is 16.7 Å². The van der Waals surface area contributed by atoms with Gasteiger partial charge in [-0.05, 0) is 23.3 Å². The summed E-state index contributed by atoms with van der Waals surface area (Å²) in [6.45, 7) is 0.452. The average molecular weight is 284 g/mol. The molecular formula is C17H16O4. The van der Waals surface area contributed by atoms with Crippen molar-refractivity contribution in [1.82, 2.24) is 0 Å². The van der Waals surface area contributed by atoms with Crippen LogP contribution in [0.5, 0.6) is 5.75 Å². The molecule has 0 unspecified atom stereocenters. The van der Waals surface area contributed by atoms with Crippen molar-refractivity contribution < 1.29 is 19.0 Å². The number of carbonyl (C=O) groups excluding carboxylic acids is 1. The van der Waals surface area contributed by atoms with Gasteiger partial charge in [0.1, 0.15) is 18.5 Å². The van der Waals surface area contributed by atoms with E-state index in [0.29, 0.717) is 17.9 Å². The molecule has 3 rings (SSSR count). The number of carbonyl (C=O) groups is 1. The molecule has 1 atom stereocenters. The first-order chi connectivity index (χ1) is 10.2. The van der Waals surface area contributed by atoms with E-state index in [9.17, 15) is 4.79 Å². The van der Waals surface area contributed by atoms with Crippen molar-refractivity contribution in [3.05, 3.63) is 64.7 Å². The topological polar surface area (TPSA) is 44.8 Å². The first kappa shape index (κ1) is 13.6. The lowest BCUT2D eigenvalue weighted by Crippen LogP contribution is -2.06. The number of methoxy groups -OCH3 is 2. The van der Waals surface area contributed by atoms with Crippen LogP contribution < -0.4 is 4.74 Å². The predicted molar refractivity (Wildman–Crippen MR) is 77.4 cm³/mol. The molecule has 1 aliphatic rings. The van der Waals surface area contributed by atoms with Crippen molar-refractivity contribution in [3.8, 4) is 5.75 Å². The lowest BCUT2D eigenvalue weighted by atomic mass is 9.96. The summed E-state index contributed by atoms with van der Waals surface area (Å²) in [5.41, 5.74) is 3.55. The molecule has 0 aliphatic carbocycles. The summed E-state index contributed by atoms with van der Waals surface area (Å²) < 4.78 is 16.3. The van der Waals surface area contributed by atoms with Gasteiger partial charge in [-0.25, -0.2) is 4.79 Å². The number of ether oxygens (including phenoxy) is 3. The van der Waals surface area contributed by atoms with Crippen molar-refractivity contribution in [2.45, 2.75) is 12.7 Å². The molecule has 0 bridgehead atoms. The van der Waals surface area contributed by atoms with E-state index in [1.54, 1.807) is 19.2 Å². The first-order valence-corrected chi connectivity index (χ1v) is 6.70. The Bertz CT molecular complexity index is 678. The maximum Gasteiger partial charge on any atom is 0.337 e. The van der Waals surface area contributed by atoms with Gasteiger partial charge in [0.25, 0.3) is 0 Å². The molecule has 0 saturated carbocycles. The van der Waals surface area contributed by atoms with Crippen LogP contribution in [0.25, 0.3) is 0 Å². The summed E-state index contributed by atoms with van der Waals surface area (Å²) in [7, 11) is 3.04. The monoisotopic (exact) mass is 284 g/mol. The van der Waals surface area contributed by atoms with Gasteiger partial charge in [0.15, 0.2) is 0 Å². The van der Waals surface area contributed by atoms with Crippen LogP contribution in [0.4, 0.5) is 0 Å². The third kappa shape index (κ3) is 2.38. The normalized spacial score (nSPS) is 16.2. The Balaban J connectivity index is 2.10. The molecule has 2 aromatic carbocycles. The Morgan fingerprint density at radius 1 is 1.14 bits per heavy atom. The molecule has 0 N–H and O–H groups in total. The number of hydrogen-bond acceptors (Lipinski definition) is 4. The smallest absolute Gasteiger partial charge is 0.337 e. The van der Waals surface area contributed by atoms with Crippen molar-refractivity contribution >= 4 is 5.97 Å². The molecule has 0 aromatic heterocycles. The number of rotatable bonds is 2. The van der Waals surface area contributed by atoms with Gasteiger partial charge in [-0.3, -0.25) is 0 Å². The fourth-order valence-electron chi connectivity index (χ4n) is 2.62. The fourth-order valence-corrected chi connectivity index (χ4v) is 2.62. The fraction of sp³-hybridized carbons (Fsp3) is 0.235. The average Bonchev–Trinajstić information content (AvgIpc) is 2.69. The van der Waals surface area contributed by atoms with Crippen LogP contribution >= 0.6 is 0 Å². The van der Waals surface area contributed by atoms with E-state index in [2.05, 4.69) is 0 Å². The lowest BCUT2D eigenvalue weighted by Gasteiger charge is -2.17. The standard InChI is InChI=1S/C17H16O4/c1-19-16-13-6-4-3-5-12(13)10-21-15-9-11(17(18)20-2)7-8-14(15)16/h3-9,16H,10H2,1-2H3/t16-/m1/s1. The van der Waals surface area contributed by atoms with E-state index < -0.39 is 0 Å². The highest BCUT2D eigenvalue weighted by molar-refractivity contribution is 5.90. The van der Waals surface area contributed by atoms with E-state index in [4.69, 9.17) is 14.2 Å². The van der Waals surface area contributed by atoms with E-state index in [1.165, 1.54) is 7.11 Å². The highest BCUT2D eigenvalue weighted by Gasteiger charge is 2.25. The summed E-state index contributed by atoms with van der Waals surface area (Å²) in [6.07, 6.45) is -0.203. The maximum absolute atomic E-state index is 11.6. The van der Waals surface area contributed by atoms with E-state index in [-0.39, 0.29) is 12.1 Å². The number of hydrogen-bond donors (Lipinski definition) is 0. The minimum Gasteiger partial charge on any atom is -0.488 e. The van der Waals surface area contributed by atoms with Gasteiger partial charge >= 0.3 is 5.97 Å². The molecule has 0 fully saturated rings. The summed E-state index contributed by atoms with van der Waals surface area (Å²) in [5, 5.41) is 0. The summed E-state index contributed by atoms with van der Waals surface area (Å²) in [4.78, 5) is 11.6. The molecule has 21 heavy (non-hydrogen) atoms. The summed E-state index contributed by atoms with van der Waals surface area (Å²) in [5.74, 6) is 0.276. The number of esters is 1. The molecule has 0 radical (unpaired) electrons. The van der Waals surface area contributed by atoms with Gasteiger partial charge in [0.05, 0.1) is 12.7 Å². The van der Waals surface area contributed by atoms with Crippen LogP contribution in [0.3, 0.4) is 0 Å². The van der Waals surface area contributed by atoms with Crippen molar-refractivity contribution in [3.63, 3.8) is 0 Å². The van der Waals surface area contributed by atoms with Crippen LogP contribution in [0.1, 0.15) is 33.2 Å². The molecule has 4 nitrogen and oxygen atoms in total. The van der Waals surface area contributed by atoms with Gasteiger partial charge in [-0.1, -0.05) is 30.3 Å². The molecule has 0 saturated heterocycles. The predicted octanol–water partition coefficient (Wildman–Crippen LogP) is 3.10. The second-order valence-corrected chi connectivity index (χ2v) is 4.85. The number of benzene rings is 2. The SMILES string of the molecule is COC(=O)c1ccc2c(c1)OCc1ccccc1[C@H]2OC. The highest BCUT2D eigenvalue weighted by atomic mass is 16.5. The molecule has 1 heterocycles. The van der Waals surface area contributed by atoms with Gasteiger partial charge in [-0.15, -0.1) is 0 Å². The van der Waals surface area contributed by atoms with Gasteiger partial charge < -0.3 is 14.2 Å².